The van der Waals surface area contributed by atoms with Crippen LogP contribution in [0.1, 0.15) is 5.56 Å². The quantitative estimate of drug-likeness (QED) is 0.772. The maximum absolute atomic E-state index is 12.3. The van der Waals surface area contributed by atoms with Crippen molar-refractivity contribution < 1.29 is 12.6 Å². The van der Waals surface area contributed by atoms with E-state index in [1.54, 1.807) is 24.3 Å². The number of alkyl halides is 1. The SMILES string of the molecule is O=S1CCN(S(=O)(=O)c2ccc(CBr)cc2)CC1. The van der Waals surface area contributed by atoms with E-state index in [0.29, 0.717) is 34.8 Å². The third kappa shape index (κ3) is 3.01. The number of benzene rings is 1. The maximum atomic E-state index is 12.3. The largest absolute Gasteiger partial charge is 0.259 e. The molecule has 1 aromatic rings. The molecule has 0 atom stereocenters. The monoisotopic (exact) mass is 351 g/mol. The average Bonchev–Trinajstić information content (AvgIpc) is 2.39. The first-order valence-corrected chi connectivity index (χ1v) is 9.59. The van der Waals surface area contributed by atoms with Crippen LogP contribution in [0.5, 0.6) is 0 Å². The van der Waals surface area contributed by atoms with E-state index in [1.165, 1.54) is 4.31 Å². The third-order valence-electron chi connectivity index (χ3n) is 2.85. The summed E-state index contributed by atoms with van der Waals surface area (Å²) in [7, 11) is -4.30. The van der Waals surface area contributed by atoms with Gasteiger partial charge < -0.3 is 0 Å². The molecular weight excluding hydrogens is 338 g/mol. The fraction of sp³-hybridized carbons (Fsp3) is 0.455. The van der Waals surface area contributed by atoms with Crippen LogP contribution in [-0.4, -0.2) is 41.5 Å². The molecule has 1 aliphatic rings. The normalized spacial score (nSPS) is 18.9. The van der Waals surface area contributed by atoms with E-state index in [1.807, 2.05) is 0 Å². The molecule has 1 heterocycles. The van der Waals surface area contributed by atoms with Crippen LogP contribution < -0.4 is 0 Å². The average molecular weight is 352 g/mol. The Morgan fingerprint density at radius 1 is 1.17 bits per heavy atom. The first-order chi connectivity index (χ1) is 8.54. The van der Waals surface area contributed by atoms with Crippen molar-refractivity contribution in [3.63, 3.8) is 0 Å². The van der Waals surface area contributed by atoms with Crippen LogP contribution in [0.3, 0.4) is 0 Å². The minimum atomic E-state index is -3.43. The van der Waals surface area contributed by atoms with E-state index in [4.69, 9.17) is 0 Å². The predicted molar refractivity (Wildman–Crippen MR) is 75.7 cm³/mol. The molecule has 0 amide bonds. The van der Waals surface area contributed by atoms with Crippen LogP contribution in [0.2, 0.25) is 0 Å². The minimum absolute atomic E-state index is 0.305. The Bertz CT molecular complexity index is 532. The van der Waals surface area contributed by atoms with Crippen LogP contribution in [0.15, 0.2) is 29.2 Å². The van der Waals surface area contributed by atoms with Gasteiger partial charge in [-0.3, -0.25) is 4.21 Å². The van der Waals surface area contributed by atoms with Gasteiger partial charge in [0.25, 0.3) is 0 Å². The van der Waals surface area contributed by atoms with Crippen molar-refractivity contribution in [1.29, 1.82) is 0 Å². The minimum Gasteiger partial charge on any atom is -0.259 e. The Morgan fingerprint density at radius 2 is 1.72 bits per heavy atom. The van der Waals surface area contributed by atoms with Crippen LogP contribution in [0, 0.1) is 0 Å². The molecule has 4 nitrogen and oxygen atoms in total. The second kappa shape index (κ2) is 5.81. The summed E-state index contributed by atoms with van der Waals surface area (Å²) < 4.78 is 37.3. The van der Waals surface area contributed by atoms with Gasteiger partial charge in [0.2, 0.25) is 10.0 Å². The summed E-state index contributed by atoms with van der Waals surface area (Å²) in [4.78, 5) is 0.305. The molecule has 0 aliphatic carbocycles. The zero-order chi connectivity index (χ0) is 13.2. The third-order valence-corrected chi connectivity index (χ3v) is 6.69. The predicted octanol–water partition coefficient (Wildman–Crippen LogP) is 1.33. The van der Waals surface area contributed by atoms with E-state index in [0.717, 1.165) is 5.56 Å². The first kappa shape index (κ1) is 14.2. The van der Waals surface area contributed by atoms with Crippen molar-refractivity contribution >= 4 is 36.8 Å². The highest BCUT2D eigenvalue weighted by atomic mass is 79.9. The molecule has 100 valence electrons. The van der Waals surface area contributed by atoms with Crippen molar-refractivity contribution in [3.8, 4) is 0 Å². The number of hydrogen-bond acceptors (Lipinski definition) is 3. The van der Waals surface area contributed by atoms with Gasteiger partial charge >= 0.3 is 0 Å². The lowest BCUT2D eigenvalue weighted by molar-refractivity contribution is 0.438. The molecule has 1 fully saturated rings. The van der Waals surface area contributed by atoms with Gasteiger partial charge in [-0.2, -0.15) is 4.31 Å². The number of halogens is 1. The molecule has 0 spiro atoms. The topological polar surface area (TPSA) is 54.5 Å². The Hall–Kier alpha value is -0.240. The fourth-order valence-corrected chi connectivity index (χ4v) is 4.86. The fourth-order valence-electron chi connectivity index (χ4n) is 1.76. The second-order valence-corrected chi connectivity index (χ2v) is 8.22. The Morgan fingerprint density at radius 3 is 2.22 bits per heavy atom. The van der Waals surface area contributed by atoms with Crippen LogP contribution in [0.25, 0.3) is 0 Å². The van der Waals surface area contributed by atoms with Gasteiger partial charge in [-0.1, -0.05) is 28.1 Å². The molecule has 0 aromatic heterocycles. The number of nitrogens with zero attached hydrogens (tertiary/aromatic N) is 1. The van der Waals surface area contributed by atoms with Crippen LogP contribution in [-0.2, 0) is 26.2 Å². The molecule has 0 bridgehead atoms. The lowest BCUT2D eigenvalue weighted by Crippen LogP contribution is -2.41. The molecule has 18 heavy (non-hydrogen) atoms. The Labute approximate surface area is 118 Å². The van der Waals surface area contributed by atoms with Gasteiger partial charge in [0.15, 0.2) is 0 Å². The van der Waals surface area contributed by atoms with E-state index in [9.17, 15) is 12.6 Å². The van der Waals surface area contributed by atoms with Crippen molar-refractivity contribution in [2.45, 2.75) is 10.2 Å². The smallest absolute Gasteiger partial charge is 0.243 e. The summed E-state index contributed by atoms with van der Waals surface area (Å²) in [5.74, 6) is 0.859. The molecule has 0 saturated carbocycles. The van der Waals surface area contributed by atoms with Gasteiger partial charge in [-0.15, -0.1) is 0 Å². The van der Waals surface area contributed by atoms with Crippen molar-refractivity contribution in [3.05, 3.63) is 29.8 Å². The molecule has 7 heteroatoms. The second-order valence-electron chi connectivity index (χ2n) is 4.03. The van der Waals surface area contributed by atoms with E-state index in [2.05, 4.69) is 15.9 Å². The maximum Gasteiger partial charge on any atom is 0.243 e. The summed E-state index contributed by atoms with van der Waals surface area (Å²) >= 11 is 3.32. The highest BCUT2D eigenvalue weighted by Gasteiger charge is 2.27. The van der Waals surface area contributed by atoms with E-state index < -0.39 is 20.8 Å². The van der Waals surface area contributed by atoms with Crippen LogP contribution in [0.4, 0.5) is 0 Å². The van der Waals surface area contributed by atoms with E-state index in [-0.39, 0.29) is 0 Å². The van der Waals surface area contributed by atoms with Gasteiger partial charge in [0.1, 0.15) is 0 Å². The number of hydrogen-bond donors (Lipinski definition) is 0. The lowest BCUT2D eigenvalue weighted by atomic mass is 10.2. The zero-order valence-electron chi connectivity index (χ0n) is 9.71. The summed E-state index contributed by atoms with van der Waals surface area (Å²) in [5.41, 5.74) is 1.04. The highest BCUT2D eigenvalue weighted by Crippen LogP contribution is 2.18. The Balaban J connectivity index is 2.21. The van der Waals surface area contributed by atoms with Crippen molar-refractivity contribution in [2.24, 2.45) is 0 Å². The lowest BCUT2D eigenvalue weighted by Gasteiger charge is -2.25. The summed E-state index contributed by atoms with van der Waals surface area (Å²) in [6.45, 7) is 0.685. The number of sulfonamides is 1. The summed E-state index contributed by atoms with van der Waals surface area (Å²) in [6, 6.07) is 6.84. The molecule has 1 saturated heterocycles. The molecule has 0 radical (unpaired) electrons. The molecule has 1 aliphatic heterocycles. The summed E-state index contributed by atoms with van der Waals surface area (Å²) in [5, 5.41) is 0.704. The van der Waals surface area contributed by atoms with Crippen molar-refractivity contribution in [1.82, 2.24) is 4.31 Å². The van der Waals surface area contributed by atoms with Gasteiger partial charge in [-0.05, 0) is 17.7 Å². The molecule has 0 N–H and O–H groups in total. The summed E-state index contributed by atoms with van der Waals surface area (Å²) in [6.07, 6.45) is 0. The first-order valence-electron chi connectivity index (χ1n) is 5.54. The molecule has 1 aromatic carbocycles. The standard InChI is InChI=1S/C11H14BrNO3S2/c12-9-10-1-3-11(4-2-10)18(15,16)13-5-7-17(14)8-6-13/h1-4H,5-9H2. The zero-order valence-corrected chi connectivity index (χ0v) is 12.9. The molecule has 2 rings (SSSR count). The molecular formula is C11H14BrNO3S2. The van der Waals surface area contributed by atoms with Gasteiger partial charge in [-0.25, -0.2) is 8.42 Å². The van der Waals surface area contributed by atoms with Crippen molar-refractivity contribution in [2.75, 3.05) is 24.6 Å². The molecule has 0 unspecified atom stereocenters. The van der Waals surface area contributed by atoms with Crippen LogP contribution >= 0.6 is 15.9 Å². The van der Waals surface area contributed by atoms with E-state index >= 15 is 0 Å². The van der Waals surface area contributed by atoms with Gasteiger partial charge in [0.05, 0.1) is 4.90 Å². The number of rotatable bonds is 3. The Kier molecular flexibility index (Phi) is 4.58. The highest BCUT2D eigenvalue weighted by molar-refractivity contribution is 9.08. The van der Waals surface area contributed by atoms with Gasteiger partial charge in [0, 0.05) is 40.7 Å².